The standard InChI is InChI=1S/C16H18N4OS/c1-16(2,15-17-8-10-22-15)19-7-9-20-11-18-13-6-4-3-5-12(13)14(20)21/h3-6,8,10-11,19H,7,9H2,1-2H3. The third kappa shape index (κ3) is 2.93. The maximum atomic E-state index is 12.4. The van der Waals surface area contributed by atoms with E-state index in [0.29, 0.717) is 18.5 Å². The number of thiazole rings is 1. The highest BCUT2D eigenvalue weighted by Gasteiger charge is 2.22. The fourth-order valence-electron chi connectivity index (χ4n) is 2.36. The molecule has 0 atom stereocenters. The van der Waals surface area contributed by atoms with Crippen LogP contribution in [0.1, 0.15) is 18.9 Å². The van der Waals surface area contributed by atoms with Gasteiger partial charge in [-0.25, -0.2) is 9.97 Å². The average Bonchev–Trinajstić information content (AvgIpc) is 3.05. The Labute approximate surface area is 132 Å². The molecule has 0 saturated heterocycles. The van der Waals surface area contributed by atoms with Gasteiger partial charge in [-0.1, -0.05) is 12.1 Å². The van der Waals surface area contributed by atoms with Gasteiger partial charge in [0.2, 0.25) is 0 Å². The van der Waals surface area contributed by atoms with Crippen molar-refractivity contribution >= 4 is 22.2 Å². The van der Waals surface area contributed by atoms with Gasteiger partial charge in [0.05, 0.1) is 22.8 Å². The van der Waals surface area contributed by atoms with Gasteiger partial charge in [-0.3, -0.25) is 9.36 Å². The quantitative estimate of drug-likeness (QED) is 0.785. The lowest BCUT2D eigenvalue weighted by atomic mass is 10.1. The predicted molar refractivity (Wildman–Crippen MR) is 89.1 cm³/mol. The van der Waals surface area contributed by atoms with E-state index in [1.54, 1.807) is 28.4 Å². The summed E-state index contributed by atoms with van der Waals surface area (Å²) in [6.07, 6.45) is 3.42. The van der Waals surface area contributed by atoms with E-state index in [9.17, 15) is 4.79 Å². The zero-order chi connectivity index (χ0) is 15.6. The van der Waals surface area contributed by atoms with Gasteiger partial charge in [0.25, 0.3) is 5.56 Å². The minimum atomic E-state index is -0.206. The smallest absolute Gasteiger partial charge is 0.261 e. The Kier molecular flexibility index (Phi) is 4.04. The Morgan fingerprint density at radius 1 is 1.27 bits per heavy atom. The lowest BCUT2D eigenvalue weighted by Gasteiger charge is -2.24. The second kappa shape index (κ2) is 5.98. The van der Waals surface area contributed by atoms with Crippen LogP contribution in [0, 0.1) is 0 Å². The lowest BCUT2D eigenvalue weighted by Crippen LogP contribution is -2.39. The predicted octanol–water partition coefficient (Wildman–Crippen LogP) is 2.38. The number of hydrogen-bond acceptors (Lipinski definition) is 5. The zero-order valence-electron chi connectivity index (χ0n) is 12.6. The second-order valence-corrected chi connectivity index (χ2v) is 6.54. The van der Waals surface area contributed by atoms with E-state index in [0.717, 1.165) is 10.5 Å². The highest BCUT2D eigenvalue weighted by Crippen LogP contribution is 2.21. The third-order valence-corrected chi connectivity index (χ3v) is 4.71. The number of nitrogens with zero attached hydrogens (tertiary/aromatic N) is 3. The van der Waals surface area contributed by atoms with E-state index in [-0.39, 0.29) is 11.1 Å². The summed E-state index contributed by atoms with van der Waals surface area (Å²) < 4.78 is 1.65. The Morgan fingerprint density at radius 3 is 2.86 bits per heavy atom. The van der Waals surface area contributed by atoms with Gasteiger partial charge >= 0.3 is 0 Å². The lowest BCUT2D eigenvalue weighted by molar-refractivity contribution is 0.388. The van der Waals surface area contributed by atoms with E-state index in [1.807, 2.05) is 29.6 Å². The molecular formula is C16H18N4OS. The van der Waals surface area contributed by atoms with Crippen LogP contribution in [0.4, 0.5) is 0 Å². The summed E-state index contributed by atoms with van der Waals surface area (Å²) in [4.78, 5) is 21.1. The van der Waals surface area contributed by atoms with Crippen LogP contribution >= 0.6 is 11.3 Å². The molecule has 2 aromatic heterocycles. The average molecular weight is 314 g/mol. The Morgan fingerprint density at radius 2 is 2.09 bits per heavy atom. The molecule has 0 fully saturated rings. The molecule has 0 spiro atoms. The van der Waals surface area contributed by atoms with Crippen LogP contribution in [0.2, 0.25) is 0 Å². The first-order valence-corrected chi connectivity index (χ1v) is 8.05. The van der Waals surface area contributed by atoms with Gasteiger partial charge in [-0.15, -0.1) is 11.3 Å². The van der Waals surface area contributed by atoms with E-state index < -0.39 is 0 Å². The number of aromatic nitrogens is 3. The van der Waals surface area contributed by atoms with Crippen molar-refractivity contribution in [2.24, 2.45) is 0 Å². The number of benzene rings is 1. The molecule has 0 aliphatic rings. The molecule has 0 unspecified atom stereocenters. The maximum Gasteiger partial charge on any atom is 0.261 e. The van der Waals surface area contributed by atoms with Crippen LogP contribution in [0.3, 0.4) is 0 Å². The monoisotopic (exact) mass is 314 g/mol. The molecule has 1 N–H and O–H groups in total. The first kappa shape index (κ1) is 14.9. The molecule has 3 rings (SSSR count). The summed E-state index contributed by atoms with van der Waals surface area (Å²) in [7, 11) is 0. The van der Waals surface area contributed by atoms with Crippen LogP contribution in [0.5, 0.6) is 0 Å². The Bertz CT molecular complexity index is 824. The number of rotatable bonds is 5. The molecule has 3 aromatic rings. The molecule has 0 aliphatic carbocycles. The largest absolute Gasteiger partial charge is 0.304 e. The first-order chi connectivity index (χ1) is 10.6. The van der Waals surface area contributed by atoms with Gasteiger partial charge in [-0.05, 0) is 26.0 Å². The third-order valence-electron chi connectivity index (χ3n) is 3.62. The van der Waals surface area contributed by atoms with Crippen molar-refractivity contribution in [3.8, 4) is 0 Å². The number of para-hydroxylation sites is 1. The molecule has 0 bridgehead atoms. The zero-order valence-corrected chi connectivity index (χ0v) is 13.4. The van der Waals surface area contributed by atoms with E-state index in [2.05, 4.69) is 29.1 Å². The highest BCUT2D eigenvalue weighted by atomic mass is 32.1. The molecule has 2 heterocycles. The van der Waals surface area contributed by atoms with Crippen molar-refractivity contribution in [3.63, 3.8) is 0 Å². The normalized spacial score (nSPS) is 11.9. The summed E-state index contributed by atoms with van der Waals surface area (Å²) in [5.41, 5.74) is 0.529. The Balaban J connectivity index is 1.72. The highest BCUT2D eigenvalue weighted by molar-refractivity contribution is 7.09. The van der Waals surface area contributed by atoms with Crippen LogP contribution < -0.4 is 10.9 Å². The number of nitrogens with one attached hydrogen (secondary N) is 1. The van der Waals surface area contributed by atoms with Crippen LogP contribution in [0.25, 0.3) is 10.9 Å². The molecule has 6 heteroatoms. The molecule has 114 valence electrons. The van der Waals surface area contributed by atoms with Gasteiger partial charge < -0.3 is 5.32 Å². The van der Waals surface area contributed by atoms with Gasteiger partial charge in [0.15, 0.2) is 0 Å². The summed E-state index contributed by atoms with van der Waals surface area (Å²) in [5.74, 6) is 0. The van der Waals surface area contributed by atoms with Crippen molar-refractivity contribution in [3.05, 3.63) is 57.5 Å². The van der Waals surface area contributed by atoms with E-state index in [1.165, 1.54) is 0 Å². The van der Waals surface area contributed by atoms with Crippen molar-refractivity contribution in [1.82, 2.24) is 19.9 Å². The van der Waals surface area contributed by atoms with Crippen LogP contribution in [-0.4, -0.2) is 21.1 Å². The number of hydrogen-bond donors (Lipinski definition) is 1. The van der Waals surface area contributed by atoms with Crippen molar-refractivity contribution in [2.45, 2.75) is 25.9 Å². The minimum absolute atomic E-state index is 0.000505. The van der Waals surface area contributed by atoms with Gasteiger partial charge in [-0.2, -0.15) is 0 Å². The van der Waals surface area contributed by atoms with Crippen molar-refractivity contribution in [2.75, 3.05) is 6.54 Å². The van der Waals surface area contributed by atoms with E-state index >= 15 is 0 Å². The topological polar surface area (TPSA) is 59.8 Å². The summed E-state index contributed by atoms with van der Waals surface area (Å²) in [6, 6.07) is 7.41. The molecule has 22 heavy (non-hydrogen) atoms. The SMILES string of the molecule is CC(C)(NCCn1cnc2ccccc2c1=O)c1nccs1. The molecule has 0 saturated carbocycles. The van der Waals surface area contributed by atoms with Gasteiger partial charge in [0, 0.05) is 24.7 Å². The first-order valence-electron chi connectivity index (χ1n) is 7.17. The fraction of sp³-hybridized carbons (Fsp3) is 0.312. The van der Waals surface area contributed by atoms with Crippen LogP contribution in [-0.2, 0) is 12.1 Å². The molecular weight excluding hydrogens is 296 g/mol. The molecule has 0 radical (unpaired) electrons. The summed E-state index contributed by atoms with van der Waals surface area (Å²) in [5, 5.41) is 7.11. The van der Waals surface area contributed by atoms with Crippen LogP contribution in [0.15, 0.2) is 47.0 Å². The molecule has 0 aliphatic heterocycles. The van der Waals surface area contributed by atoms with Crippen molar-refractivity contribution < 1.29 is 0 Å². The molecule has 5 nitrogen and oxygen atoms in total. The Hall–Kier alpha value is -2.05. The van der Waals surface area contributed by atoms with E-state index in [4.69, 9.17) is 0 Å². The summed E-state index contributed by atoms with van der Waals surface area (Å²) >= 11 is 1.63. The van der Waals surface area contributed by atoms with Crippen molar-refractivity contribution in [1.29, 1.82) is 0 Å². The minimum Gasteiger partial charge on any atom is -0.304 e. The number of fused-ring (bicyclic) bond motifs is 1. The fourth-order valence-corrected chi connectivity index (χ4v) is 3.10. The molecule has 0 amide bonds. The molecule has 1 aromatic carbocycles. The maximum absolute atomic E-state index is 12.4. The summed E-state index contributed by atoms with van der Waals surface area (Å²) in [6.45, 7) is 5.43. The van der Waals surface area contributed by atoms with Gasteiger partial charge in [0.1, 0.15) is 5.01 Å². The second-order valence-electron chi connectivity index (χ2n) is 5.65.